The van der Waals surface area contributed by atoms with Crippen molar-refractivity contribution in [3.05, 3.63) is 24.3 Å². The Labute approximate surface area is 156 Å². The molecule has 3 rings (SSSR count). The molecule has 2 fully saturated rings. The van der Waals surface area contributed by atoms with Crippen LogP contribution in [0.3, 0.4) is 0 Å². The van der Waals surface area contributed by atoms with E-state index in [1.807, 2.05) is 12.1 Å². The summed E-state index contributed by atoms with van der Waals surface area (Å²) < 4.78 is 0. The quantitative estimate of drug-likeness (QED) is 0.851. The molecule has 26 heavy (non-hydrogen) atoms. The topological polar surface area (TPSA) is 52.7 Å². The molecule has 5 nitrogen and oxygen atoms in total. The molecule has 2 aliphatic heterocycles. The maximum absolute atomic E-state index is 12.4. The number of carbonyl (C=O) groups excluding carboxylic acids is 2. The van der Waals surface area contributed by atoms with E-state index < -0.39 is 0 Å². The van der Waals surface area contributed by atoms with Crippen LogP contribution in [0.15, 0.2) is 24.3 Å². The number of anilines is 2. The highest BCUT2D eigenvalue weighted by atomic mass is 16.2. The Bertz CT molecular complexity index is 621. The smallest absolute Gasteiger partial charge is 0.227 e. The molecule has 0 bridgehead atoms. The number of piperidine rings is 1. The van der Waals surface area contributed by atoms with Crippen LogP contribution in [0.5, 0.6) is 0 Å². The summed E-state index contributed by atoms with van der Waals surface area (Å²) >= 11 is 0. The van der Waals surface area contributed by atoms with Gasteiger partial charge in [-0.25, -0.2) is 0 Å². The van der Waals surface area contributed by atoms with Gasteiger partial charge in [-0.15, -0.1) is 0 Å². The lowest BCUT2D eigenvalue weighted by Gasteiger charge is -2.29. The van der Waals surface area contributed by atoms with Gasteiger partial charge < -0.3 is 15.1 Å². The highest BCUT2D eigenvalue weighted by Gasteiger charge is 2.35. The van der Waals surface area contributed by atoms with Gasteiger partial charge in [0.15, 0.2) is 0 Å². The normalized spacial score (nSPS) is 20.7. The zero-order chi connectivity index (χ0) is 18.5. The van der Waals surface area contributed by atoms with Crippen LogP contribution in [0.25, 0.3) is 0 Å². The number of rotatable bonds is 6. The largest absolute Gasteiger partial charge is 0.372 e. The Morgan fingerprint density at radius 1 is 1.12 bits per heavy atom. The average molecular weight is 357 g/mol. The second-order valence-electron chi connectivity index (χ2n) is 7.94. The molecule has 2 aliphatic rings. The molecular formula is C21H31N3O2. The number of nitrogens with one attached hydrogen (secondary N) is 1. The van der Waals surface area contributed by atoms with Crippen molar-refractivity contribution < 1.29 is 9.59 Å². The zero-order valence-corrected chi connectivity index (χ0v) is 16.0. The molecule has 1 unspecified atom stereocenters. The van der Waals surface area contributed by atoms with E-state index in [0.717, 1.165) is 25.2 Å². The molecule has 1 aromatic rings. The predicted molar refractivity (Wildman–Crippen MR) is 105 cm³/mol. The molecule has 0 aliphatic carbocycles. The van der Waals surface area contributed by atoms with Gasteiger partial charge >= 0.3 is 0 Å². The zero-order valence-electron chi connectivity index (χ0n) is 16.0. The Morgan fingerprint density at radius 3 is 2.42 bits per heavy atom. The number of hydrogen-bond acceptors (Lipinski definition) is 3. The molecule has 5 heteroatoms. The van der Waals surface area contributed by atoms with Crippen molar-refractivity contribution in [3.63, 3.8) is 0 Å². The molecule has 0 aromatic heterocycles. The summed E-state index contributed by atoms with van der Waals surface area (Å²) in [7, 11) is 0. The van der Waals surface area contributed by atoms with Crippen molar-refractivity contribution in [1.29, 1.82) is 0 Å². The summed E-state index contributed by atoms with van der Waals surface area (Å²) in [6.45, 7) is 7.67. The van der Waals surface area contributed by atoms with Gasteiger partial charge in [0.25, 0.3) is 0 Å². The second-order valence-corrected chi connectivity index (χ2v) is 7.94. The summed E-state index contributed by atoms with van der Waals surface area (Å²) in [5.41, 5.74) is 2.12. The fourth-order valence-corrected chi connectivity index (χ4v) is 3.76. The maximum Gasteiger partial charge on any atom is 0.227 e. The monoisotopic (exact) mass is 357 g/mol. The number of carbonyl (C=O) groups is 2. The number of hydrogen-bond donors (Lipinski definition) is 1. The average Bonchev–Trinajstić information content (AvgIpc) is 3.04. The van der Waals surface area contributed by atoms with Crippen LogP contribution in [0.2, 0.25) is 0 Å². The first-order valence-electron chi connectivity index (χ1n) is 9.97. The highest BCUT2D eigenvalue weighted by Crippen LogP contribution is 2.28. The van der Waals surface area contributed by atoms with Gasteiger partial charge in [0.2, 0.25) is 11.8 Å². The third-order valence-electron chi connectivity index (χ3n) is 5.40. The molecule has 0 saturated carbocycles. The van der Waals surface area contributed by atoms with Gasteiger partial charge in [0, 0.05) is 44.0 Å². The lowest BCUT2D eigenvalue weighted by Crippen LogP contribution is -2.34. The molecule has 0 radical (unpaired) electrons. The van der Waals surface area contributed by atoms with Crippen molar-refractivity contribution in [3.8, 4) is 0 Å². The fraction of sp³-hybridized carbons (Fsp3) is 0.619. The summed E-state index contributed by atoms with van der Waals surface area (Å²) in [4.78, 5) is 28.9. The van der Waals surface area contributed by atoms with E-state index in [2.05, 4.69) is 36.2 Å². The molecular weight excluding hydrogens is 326 g/mol. The minimum atomic E-state index is -0.239. The molecule has 2 saturated heterocycles. The first kappa shape index (κ1) is 18.7. The third-order valence-corrected chi connectivity index (χ3v) is 5.40. The molecule has 1 N–H and O–H groups in total. The van der Waals surface area contributed by atoms with E-state index in [0.29, 0.717) is 25.4 Å². The number of amides is 2. The Hall–Kier alpha value is -2.04. The minimum absolute atomic E-state index is 0.00596. The van der Waals surface area contributed by atoms with E-state index in [9.17, 15) is 9.59 Å². The van der Waals surface area contributed by atoms with E-state index >= 15 is 0 Å². The van der Waals surface area contributed by atoms with Crippen molar-refractivity contribution in [2.75, 3.05) is 36.0 Å². The SMILES string of the molecule is CC(C)CCNC(=O)C1CC(=O)N(c2ccc(N3CCCCC3)cc2)C1. The van der Waals surface area contributed by atoms with Gasteiger partial charge in [0.1, 0.15) is 0 Å². The predicted octanol–water partition coefficient (Wildman–Crippen LogP) is 3.19. The number of nitrogens with zero attached hydrogens (tertiary/aromatic N) is 2. The van der Waals surface area contributed by atoms with E-state index in [-0.39, 0.29) is 17.7 Å². The Balaban J connectivity index is 1.57. The van der Waals surface area contributed by atoms with Crippen molar-refractivity contribution in [2.24, 2.45) is 11.8 Å². The lowest BCUT2D eigenvalue weighted by molar-refractivity contribution is -0.126. The first-order chi connectivity index (χ1) is 12.5. The van der Waals surface area contributed by atoms with Gasteiger partial charge in [-0.3, -0.25) is 9.59 Å². The lowest BCUT2D eigenvalue weighted by atomic mass is 10.1. The van der Waals surface area contributed by atoms with E-state index in [1.165, 1.54) is 24.9 Å². The van der Waals surface area contributed by atoms with E-state index in [1.54, 1.807) is 4.90 Å². The van der Waals surface area contributed by atoms with Crippen LogP contribution in [0.4, 0.5) is 11.4 Å². The fourth-order valence-electron chi connectivity index (χ4n) is 3.76. The van der Waals surface area contributed by atoms with Crippen molar-refractivity contribution in [1.82, 2.24) is 5.32 Å². The van der Waals surface area contributed by atoms with Gasteiger partial charge in [0.05, 0.1) is 5.92 Å². The molecule has 0 spiro atoms. The maximum atomic E-state index is 12.4. The standard InChI is InChI=1S/C21H31N3O2/c1-16(2)10-11-22-21(26)17-14-20(25)24(15-17)19-8-6-18(7-9-19)23-12-4-3-5-13-23/h6-9,16-17H,3-5,10-15H2,1-2H3,(H,22,26). The highest BCUT2D eigenvalue weighted by molar-refractivity contribution is 6.00. The van der Waals surface area contributed by atoms with Crippen LogP contribution >= 0.6 is 0 Å². The van der Waals surface area contributed by atoms with Crippen molar-refractivity contribution in [2.45, 2.75) is 46.0 Å². The van der Waals surface area contributed by atoms with Crippen LogP contribution in [0.1, 0.15) is 46.0 Å². The first-order valence-corrected chi connectivity index (χ1v) is 9.97. The number of benzene rings is 1. The molecule has 1 aromatic carbocycles. The molecule has 142 valence electrons. The second kappa shape index (κ2) is 8.56. The van der Waals surface area contributed by atoms with Crippen LogP contribution < -0.4 is 15.1 Å². The van der Waals surface area contributed by atoms with Crippen LogP contribution in [0, 0.1) is 11.8 Å². The summed E-state index contributed by atoms with van der Waals surface area (Å²) in [6, 6.07) is 8.23. The molecule has 2 heterocycles. The van der Waals surface area contributed by atoms with E-state index in [4.69, 9.17) is 0 Å². The van der Waals surface area contributed by atoms with Gasteiger partial charge in [-0.2, -0.15) is 0 Å². The molecule has 1 atom stereocenters. The Morgan fingerprint density at radius 2 is 1.77 bits per heavy atom. The minimum Gasteiger partial charge on any atom is -0.372 e. The third kappa shape index (κ3) is 4.57. The van der Waals surface area contributed by atoms with Gasteiger partial charge in [-0.1, -0.05) is 13.8 Å². The van der Waals surface area contributed by atoms with Crippen LogP contribution in [-0.4, -0.2) is 38.0 Å². The van der Waals surface area contributed by atoms with Crippen LogP contribution in [-0.2, 0) is 9.59 Å². The van der Waals surface area contributed by atoms with Gasteiger partial charge in [-0.05, 0) is 55.9 Å². The summed E-state index contributed by atoms with van der Waals surface area (Å²) in [5, 5.41) is 2.98. The Kier molecular flexibility index (Phi) is 6.17. The summed E-state index contributed by atoms with van der Waals surface area (Å²) in [6.07, 6.45) is 5.09. The van der Waals surface area contributed by atoms with Crippen molar-refractivity contribution >= 4 is 23.2 Å². The molecule has 2 amide bonds. The summed E-state index contributed by atoms with van der Waals surface area (Å²) in [5.74, 6) is 0.373.